The van der Waals surface area contributed by atoms with Crippen LogP contribution in [0.4, 0.5) is 4.39 Å². The highest BCUT2D eigenvalue weighted by atomic mass is 19.1. The molecule has 31 heavy (non-hydrogen) atoms. The lowest BCUT2D eigenvalue weighted by atomic mass is 9.58. The van der Waals surface area contributed by atoms with Crippen LogP contribution < -0.4 is 0 Å². The number of fused-ring (bicyclic) bond motifs is 2. The normalized spacial score (nSPS) is 23.8. The maximum atomic E-state index is 13.4. The minimum absolute atomic E-state index is 0.0949. The highest BCUT2D eigenvalue weighted by Gasteiger charge is 2.45. The first-order valence-corrected chi connectivity index (χ1v) is 11.0. The lowest BCUT2D eigenvalue weighted by Gasteiger charge is -2.47. The molecule has 1 fully saturated rings. The van der Waals surface area contributed by atoms with Gasteiger partial charge in [-0.3, -0.25) is 0 Å². The van der Waals surface area contributed by atoms with Crippen molar-refractivity contribution in [3.8, 4) is 5.69 Å². The van der Waals surface area contributed by atoms with Gasteiger partial charge in [-0.05, 0) is 78.5 Å². The predicted octanol–water partition coefficient (Wildman–Crippen LogP) is 5.83. The molecular formula is C27H27FN2O. The van der Waals surface area contributed by atoms with Gasteiger partial charge in [-0.2, -0.15) is 5.10 Å². The quantitative estimate of drug-likeness (QED) is 0.583. The zero-order chi connectivity index (χ0) is 21.4. The van der Waals surface area contributed by atoms with Gasteiger partial charge in [0.2, 0.25) is 0 Å². The molecule has 3 aromatic rings. The molecule has 1 N–H and O–H groups in total. The molecule has 1 aromatic heterocycles. The maximum absolute atomic E-state index is 13.4. The molecule has 158 valence electrons. The van der Waals surface area contributed by atoms with Crippen LogP contribution in [0.5, 0.6) is 0 Å². The first-order valence-electron chi connectivity index (χ1n) is 11.0. The van der Waals surface area contributed by atoms with Crippen LogP contribution in [-0.4, -0.2) is 21.0 Å². The number of aliphatic hydroxyl groups is 1. The number of benzene rings is 2. The van der Waals surface area contributed by atoms with Gasteiger partial charge in [-0.25, -0.2) is 9.07 Å². The van der Waals surface area contributed by atoms with E-state index in [0.717, 1.165) is 42.6 Å². The van der Waals surface area contributed by atoms with Crippen molar-refractivity contribution < 1.29 is 9.50 Å². The van der Waals surface area contributed by atoms with Gasteiger partial charge in [0.05, 0.1) is 23.7 Å². The van der Waals surface area contributed by atoms with E-state index in [0.29, 0.717) is 0 Å². The second kappa shape index (κ2) is 7.93. The van der Waals surface area contributed by atoms with Gasteiger partial charge in [0.1, 0.15) is 5.82 Å². The first-order chi connectivity index (χ1) is 15.0. The Morgan fingerprint density at radius 2 is 1.94 bits per heavy atom. The standard InChI is InChI=1S/C27H27FN2O/c1-27-17-20-18-29-30(23-13-11-22(28)12-14-23)25(20)16-21(27)8-5-9-24(27)26(31)15-10-19-6-3-2-4-7-19/h2-4,6-7,10-16,18,24,26,31H,5,8-9,17H2,1H3/t24-,26+,27+/m1/s1. The average molecular weight is 415 g/mol. The molecule has 3 nitrogen and oxygen atoms in total. The van der Waals surface area contributed by atoms with Crippen LogP contribution in [0.3, 0.4) is 0 Å². The predicted molar refractivity (Wildman–Crippen MR) is 122 cm³/mol. The van der Waals surface area contributed by atoms with Gasteiger partial charge in [-0.1, -0.05) is 55.0 Å². The zero-order valence-electron chi connectivity index (χ0n) is 17.7. The van der Waals surface area contributed by atoms with E-state index in [4.69, 9.17) is 0 Å². The number of hydrogen-bond acceptors (Lipinski definition) is 2. The molecule has 0 unspecified atom stereocenters. The van der Waals surface area contributed by atoms with E-state index in [9.17, 15) is 9.50 Å². The van der Waals surface area contributed by atoms with Crippen molar-refractivity contribution in [2.45, 2.75) is 38.7 Å². The minimum atomic E-state index is -0.498. The summed E-state index contributed by atoms with van der Waals surface area (Å²) in [4.78, 5) is 0. The summed E-state index contributed by atoms with van der Waals surface area (Å²) in [6, 6.07) is 16.6. The highest BCUT2D eigenvalue weighted by Crippen LogP contribution is 2.52. The van der Waals surface area contributed by atoms with E-state index in [2.05, 4.69) is 18.1 Å². The van der Waals surface area contributed by atoms with E-state index >= 15 is 0 Å². The molecule has 5 rings (SSSR count). The van der Waals surface area contributed by atoms with Crippen molar-refractivity contribution >= 4 is 12.2 Å². The number of aromatic nitrogens is 2. The summed E-state index contributed by atoms with van der Waals surface area (Å²) in [5.74, 6) is -0.0850. The summed E-state index contributed by atoms with van der Waals surface area (Å²) < 4.78 is 15.3. The Kier molecular flexibility index (Phi) is 5.11. The van der Waals surface area contributed by atoms with Crippen molar-refractivity contribution in [1.29, 1.82) is 0 Å². The molecule has 4 heteroatoms. The van der Waals surface area contributed by atoms with Crippen molar-refractivity contribution in [3.63, 3.8) is 0 Å². The smallest absolute Gasteiger partial charge is 0.123 e. The lowest BCUT2D eigenvalue weighted by Crippen LogP contribution is -2.42. The fourth-order valence-electron chi connectivity index (χ4n) is 5.32. The summed E-state index contributed by atoms with van der Waals surface area (Å²) in [7, 11) is 0. The molecule has 3 atom stereocenters. The average Bonchev–Trinajstić information content (AvgIpc) is 3.18. The molecule has 0 spiro atoms. The summed E-state index contributed by atoms with van der Waals surface area (Å²) in [5, 5.41) is 15.7. The van der Waals surface area contributed by atoms with Crippen LogP contribution in [0.25, 0.3) is 17.8 Å². The Labute approximate surface area is 182 Å². The molecule has 1 saturated carbocycles. The third kappa shape index (κ3) is 3.66. The van der Waals surface area contributed by atoms with Gasteiger partial charge in [0, 0.05) is 0 Å². The molecule has 0 aliphatic heterocycles. The van der Waals surface area contributed by atoms with Crippen LogP contribution in [-0.2, 0) is 6.42 Å². The number of allylic oxidation sites excluding steroid dienone is 1. The maximum Gasteiger partial charge on any atom is 0.123 e. The molecule has 1 heterocycles. The van der Waals surface area contributed by atoms with Gasteiger partial charge >= 0.3 is 0 Å². The molecule has 0 radical (unpaired) electrons. The molecule has 2 aliphatic carbocycles. The Morgan fingerprint density at radius 1 is 1.16 bits per heavy atom. The Balaban J connectivity index is 1.45. The van der Waals surface area contributed by atoms with Crippen LogP contribution in [0.2, 0.25) is 0 Å². The summed E-state index contributed by atoms with van der Waals surface area (Å²) in [6.07, 6.45) is 11.6. The van der Waals surface area contributed by atoms with Gasteiger partial charge in [0.15, 0.2) is 0 Å². The second-order valence-electron chi connectivity index (χ2n) is 8.97. The van der Waals surface area contributed by atoms with E-state index in [-0.39, 0.29) is 17.2 Å². The SMILES string of the molecule is C[C@]12Cc3cnn(-c4ccc(F)cc4)c3C=C1CCC[C@@H]2[C@@H](O)C=Cc1ccccc1. The van der Waals surface area contributed by atoms with E-state index in [1.807, 2.05) is 53.4 Å². The van der Waals surface area contributed by atoms with Gasteiger partial charge < -0.3 is 5.11 Å². The van der Waals surface area contributed by atoms with Crippen molar-refractivity contribution in [2.24, 2.45) is 11.3 Å². The number of halogens is 1. The molecule has 2 aliphatic rings. The molecule has 0 amide bonds. The van der Waals surface area contributed by atoms with Crippen LogP contribution in [0, 0.1) is 17.2 Å². The van der Waals surface area contributed by atoms with Gasteiger partial charge in [0.25, 0.3) is 0 Å². The summed E-state index contributed by atoms with van der Waals surface area (Å²) in [6.45, 7) is 2.29. The third-order valence-corrected chi connectivity index (χ3v) is 7.04. The first kappa shape index (κ1) is 20.0. The van der Waals surface area contributed by atoms with Crippen molar-refractivity contribution in [1.82, 2.24) is 9.78 Å². The fourth-order valence-corrected chi connectivity index (χ4v) is 5.32. The van der Waals surface area contributed by atoms with E-state index in [1.54, 1.807) is 12.1 Å². The van der Waals surface area contributed by atoms with Crippen LogP contribution in [0.1, 0.15) is 43.0 Å². The highest BCUT2D eigenvalue weighted by molar-refractivity contribution is 5.61. The number of nitrogens with zero attached hydrogens (tertiary/aromatic N) is 2. The van der Waals surface area contributed by atoms with E-state index in [1.165, 1.54) is 23.3 Å². The summed E-state index contributed by atoms with van der Waals surface area (Å²) >= 11 is 0. The number of hydrogen-bond donors (Lipinski definition) is 1. The fraction of sp³-hybridized carbons (Fsp3) is 0.296. The topological polar surface area (TPSA) is 38.0 Å². The largest absolute Gasteiger partial charge is 0.389 e. The lowest BCUT2D eigenvalue weighted by molar-refractivity contribution is 0.0535. The summed E-state index contributed by atoms with van der Waals surface area (Å²) in [5.41, 5.74) is 5.51. The number of rotatable bonds is 4. The molecule has 0 saturated heterocycles. The van der Waals surface area contributed by atoms with Gasteiger partial charge in [-0.15, -0.1) is 0 Å². The van der Waals surface area contributed by atoms with Crippen LogP contribution in [0.15, 0.2) is 72.4 Å². The second-order valence-corrected chi connectivity index (χ2v) is 8.97. The Hall–Kier alpha value is -2.98. The Bertz CT molecular complexity index is 1130. The minimum Gasteiger partial charge on any atom is -0.389 e. The molecule has 2 aromatic carbocycles. The van der Waals surface area contributed by atoms with Crippen LogP contribution >= 0.6 is 0 Å². The van der Waals surface area contributed by atoms with Crippen molar-refractivity contribution in [3.05, 3.63) is 95.1 Å². The molecular weight excluding hydrogens is 387 g/mol. The molecule has 0 bridgehead atoms. The number of aliphatic hydroxyl groups excluding tert-OH is 1. The monoisotopic (exact) mass is 414 g/mol. The Morgan fingerprint density at radius 3 is 2.71 bits per heavy atom. The zero-order valence-corrected chi connectivity index (χ0v) is 17.7. The third-order valence-electron chi connectivity index (χ3n) is 7.04. The van der Waals surface area contributed by atoms with E-state index < -0.39 is 6.10 Å². The van der Waals surface area contributed by atoms with Crippen molar-refractivity contribution in [2.75, 3.05) is 0 Å².